The van der Waals surface area contributed by atoms with Crippen molar-refractivity contribution in [1.82, 2.24) is 4.90 Å². The van der Waals surface area contributed by atoms with E-state index in [1.54, 1.807) is 17.0 Å². The number of nitrogens with two attached hydrogens (primary N) is 2. The molecule has 1 aliphatic heterocycles. The van der Waals surface area contributed by atoms with Crippen LogP contribution in [0.15, 0.2) is 47.5 Å². The van der Waals surface area contributed by atoms with Crippen molar-refractivity contribution < 1.29 is 22.8 Å². The van der Waals surface area contributed by atoms with Crippen LogP contribution in [0.2, 0.25) is 0 Å². The lowest BCUT2D eigenvalue weighted by Gasteiger charge is -2.33. The van der Waals surface area contributed by atoms with Crippen LogP contribution in [0.4, 0.5) is 13.2 Å². The molecule has 0 aromatic heterocycles. The molecule has 4 N–H and O–H groups in total. The Morgan fingerprint density at radius 2 is 1.71 bits per heavy atom. The number of carbonyl (C=O) groups excluding carboxylic acids is 2. The smallest absolute Gasteiger partial charge is 0.370 e. The minimum atomic E-state index is -4.64. The van der Waals surface area contributed by atoms with Crippen molar-refractivity contribution in [2.45, 2.75) is 31.9 Å². The molecule has 0 unspecified atom stereocenters. The lowest BCUT2D eigenvalue weighted by atomic mass is 9.85. The number of amides is 2. The van der Waals surface area contributed by atoms with Crippen molar-refractivity contribution in [3.05, 3.63) is 70.3 Å². The van der Waals surface area contributed by atoms with E-state index in [9.17, 15) is 22.8 Å². The van der Waals surface area contributed by atoms with Crippen LogP contribution in [0, 0.1) is 6.92 Å². The van der Waals surface area contributed by atoms with Gasteiger partial charge in [0.15, 0.2) is 5.96 Å². The molecule has 31 heavy (non-hydrogen) atoms. The van der Waals surface area contributed by atoms with Gasteiger partial charge < -0.3 is 16.4 Å². The summed E-state index contributed by atoms with van der Waals surface area (Å²) in [5.74, 6) is -1.96. The van der Waals surface area contributed by atoms with Crippen molar-refractivity contribution in [2.75, 3.05) is 13.1 Å². The minimum absolute atomic E-state index is 0.108. The number of carbonyl (C=O) groups is 2. The number of piperidine rings is 1. The summed E-state index contributed by atoms with van der Waals surface area (Å²) in [5.41, 5.74) is 10.7. The standard InChI is InChI=1S/C22H23F3N4O2/c1-13-4-2-3-5-16(13)20(31)29-10-8-14(9-11-29)17-7-6-15(19(30)28-21(26)27)12-18(17)22(23,24)25/h2-7,12,14H,8-11H2,1H3,(H4,26,27,28,30). The van der Waals surface area contributed by atoms with Gasteiger partial charge >= 0.3 is 6.18 Å². The fraction of sp³-hybridized carbons (Fsp3) is 0.318. The summed E-state index contributed by atoms with van der Waals surface area (Å²) in [6.07, 6.45) is -3.86. The number of likely N-dealkylation sites (tertiary alicyclic amines) is 1. The zero-order valence-corrected chi connectivity index (χ0v) is 16.9. The Bertz CT molecular complexity index is 1020. The van der Waals surface area contributed by atoms with Gasteiger partial charge in [-0.05, 0) is 55.0 Å². The minimum Gasteiger partial charge on any atom is -0.370 e. The normalized spacial score (nSPS) is 14.9. The summed E-state index contributed by atoms with van der Waals surface area (Å²) in [4.78, 5) is 29.7. The number of alkyl halides is 3. The molecule has 1 saturated heterocycles. The number of aliphatic imine (C=N–C) groups is 1. The summed E-state index contributed by atoms with van der Waals surface area (Å²) in [7, 11) is 0. The number of hydrogen-bond donors (Lipinski definition) is 2. The van der Waals surface area contributed by atoms with E-state index in [1.165, 1.54) is 12.1 Å². The van der Waals surface area contributed by atoms with Gasteiger partial charge in [0.25, 0.3) is 11.8 Å². The number of rotatable bonds is 3. The molecule has 1 fully saturated rings. The van der Waals surface area contributed by atoms with Crippen LogP contribution in [0.1, 0.15) is 56.2 Å². The number of hydrogen-bond acceptors (Lipinski definition) is 2. The van der Waals surface area contributed by atoms with Crippen molar-refractivity contribution in [3.8, 4) is 0 Å². The zero-order valence-electron chi connectivity index (χ0n) is 16.9. The molecule has 2 aromatic rings. The lowest BCUT2D eigenvalue weighted by Crippen LogP contribution is -2.38. The third-order valence-electron chi connectivity index (χ3n) is 5.43. The number of halogens is 3. The van der Waals surface area contributed by atoms with Crippen LogP contribution in [0.3, 0.4) is 0 Å². The molecule has 3 rings (SSSR count). The fourth-order valence-corrected chi connectivity index (χ4v) is 3.85. The predicted octanol–water partition coefficient (Wildman–Crippen LogP) is 3.45. The van der Waals surface area contributed by atoms with Gasteiger partial charge in [0.05, 0.1) is 5.56 Å². The van der Waals surface area contributed by atoms with Crippen LogP contribution in [0.25, 0.3) is 0 Å². The maximum Gasteiger partial charge on any atom is 0.416 e. The van der Waals surface area contributed by atoms with Crippen LogP contribution in [-0.4, -0.2) is 35.8 Å². The number of nitrogens with zero attached hydrogens (tertiary/aromatic N) is 2. The Hall–Kier alpha value is -3.36. The molecular weight excluding hydrogens is 409 g/mol. The van der Waals surface area contributed by atoms with Gasteiger partial charge in [-0.15, -0.1) is 0 Å². The SMILES string of the molecule is Cc1ccccc1C(=O)N1CCC(c2ccc(C(=O)N=C(N)N)cc2C(F)(F)F)CC1. The quantitative estimate of drug-likeness (QED) is 0.573. The summed E-state index contributed by atoms with van der Waals surface area (Å²) < 4.78 is 41.2. The molecule has 6 nitrogen and oxygen atoms in total. The van der Waals surface area contributed by atoms with E-state index in [-0.39, 0.29) is 23.0 Å². The first-order valence-electron chi connectivity index (χ1n) is 9.78. The number of aryl methyl sites for hydroxylation is 1. The Morgan fingerprint density at radius 3 is 2.29 bits per heavy atom. The van der Waals surface area contributed by atoms with Gasteiger partial charge in [-0.3, -0.25) is 9.59 Å². The topological polar surface area (TPSA) is 102 Å². The third kappa shape index (κ3) is 5.04. The average molecular weight is 432 g/mol. The molecule has 164 valence electrons. The van der Waals surface area contributed by atoms with E-state index < -0.39 is 23.6 Å². The van der Waals surface area contributed by atoms with Gasteiger partial charge in [0.1, 0.15) is 0 Å². The highest BCUT2D eigenvalue weighted by atomic mass is 19.4. The molecule has 0 spiro atoms. The maximum atomic E-state index is 13.7. The molecule has 0 radical (unpaired) electrons. The van der Waals surface area contributed by atoms with Crippen molar-refractivity contribution in [2.24, 2.45) is 16.5 Å². The van der Waals surface area contributed by atoms with Crippen molar-refractivity contribution in [3.63, 3.8) is 0 Å². The molecule has 0 bridgehead atoms. The predicted molar refractivity (Wildman–Crippen MR) is 111 cm³/mol. The molecule has 2 aromatic carbocycles. The van der Waals surface area contributed by atoms with E-state index in [4.69, 9.17) is 11.5 Å². The van der Waals surface area contributed by atoms with Crippen LogP contribution < -0.4 is 11.5 Å². The van der Waals surface area contributed by atoms with Gasteiger partial charge in [0.2, 0.25) is 0 Å². The molecule has 0 aliphatic carbocycles. The van der Waals surface area contributed by atoms with Crippen molar-refractivity contribution in [1.29, 1.82) is 0 Å². The van der Waals surface area contributed by atoms with E-state index in [0.717, 1.165) is 11.6 Å². The van der Waals surface area contributed by atoms with Crippen LogP contribution in [-0.2, 0) is 6.18 Å². The second kappa shape index (κ2) is 8.79. The largest absolute Gasteiger partial charge is 0.416 e. The molecule has 1 heterocycles. The second-order valence-electron chi connectivity index (χ2n) is 7.52. The summed E-state index contributed by atoms with van der Waals surface area (Å²) in [6.45, 7) is 2.55. The lowest BCUT2D eigenvalue weighted by molar-refractivity contribution is -0.138. The fourth-order valence-electron chi connectivity index (χ4n) is 3.85. The summed E-state index contributed by atoms with van der Waals surface area (Å²) >= 11 is 0. The molecule has 0 saturated carbocycles. The summed E-state index contributed by atoms with van der Waals surface area (Å²) in [5, 5.41) is 0. The Balaban J connectivity index is 1.81. The first-order chi connectivity index (χ1) is 14.6. The molecular formula is C22H23F3N4O2. The van der Waals surface area contributed by atoms with Gasteiger partial charge in [-0.25, -0.2) is 0 Å². The van der Waals surface area contributed by atoms with E-state index in [1.807, 2.05) is 19.1 Å². The summed E-state index contributed by atoms with van der Waals surface area (Å²) in [6, 6.07) is 10.6. The molecule has 1 aliphatic rings. The van der Waals surface area contributed by atoms with Crippen molar-refractivity contribution >= 4 is 17.8 Å². The Morgan fingerprint density at radius 1 is 1.06 bits per heavy atom. The van der Waals surface area contributed by atoms with E-state index >= 15 is 0 Å². The molecule has 0 atom stereocenters. The zero-order chi connectivity index (χ0) is 22.8. The Kier molecular flexibility index (Phi) is 6.33. The monoisotopic (exact) mass is 432 g/mol. The molecule has 9 heteroatoms. The average Bonchev–Trinajstić information content (AvgIpc) is 2.72. The number of guanidine groups is 1. The highest BCUT2D eigenvalue weighted by Gasteiger charge is 2.37. The van der Waals surface area contributed by atoms with Crippen LogP contribution >= 0.6 is 0 Å². The first-order valence-corrected chi connectivity index (χ1v) is 9.78. The Labute approximate surface area is 177 Å². The van der Waals surface area contributed by atoms with Crippen LogP contribution in [0.5, 0.6) is 0 Å². The van der Waals surface area contributed by atoms with E-state index in [0.29, 0.717) is 31.5 Å². The third-order valence-corrected chi connectivity index (χ3v) is 5.43. The molecule has 2 amide bonds. The van der Waals surface area contributed by atoms with Gasteiger partial charge in [0, 0.05) is 24.2 Å². The van der Waals surface area contributed by atoms with E-state index in [2.05, 4.69) is 4.99 Å². The number of benzene rings is 2. The van der Waals surface area contributed by atoms with Gasteiger partial charge in [-0.1, -0.05) is 24.3 Å². The highest BCUT2D eigenvalue weighted by molar-refractivity contribution is 6.02. The maximum absolute atomic E-state index is 13.7. The first kappa shape index (κ1) is 22.3. The second-order valence-corrected chi connectivity index (χ2v) is 7.52. The highest BCUT2D eigenvalue weighted by Crippen LogP contribution is 2.39. The van der Waals surface area contributed by atoms with Gasteiger partial charge in [-0.2, -0.15) is 18.2 Å².